The summed E-state index contributed by atoms with van der Waals surface area (Å²) in [4.78, 5) is 32.9. The van der Waals surface area contributed by atoms with E-state index in [1.54, 1.807) is 33.1 Å². The highest BCUT2D eigenvalue weighted by Crippen LogP contribution is 2.44. The van der Waals surface area contributed by atoms with E-state index >= 15 is 0 Å². The average Bonchev–Trinajstić information content (AvgIpc) is 3.46. The number of ketones is 1. The van der Waals surface area contributed by atoms with Gasteiger partial charge in [0.2, 0.25) is 0 Å². The van der Waals surface area contributed by atoms with E-state index < -0.39 is 23.5 Å². The van der Waals surface area contributed by atoms with Gasteiger partial charge in [-0.2, -0.15) is 0 Å². The van der Waals surface area contributed by atoms with Crippen LogP contribution in [0.2, 0.25) is 0 Å². The van der Waals surface area contributed by atoms with Gasteiger partial charge in [-0.25, -0.2) is 4.98 Å². The summed E-state index contributed by atoms with van der Waals surface area (Å²) in [5.74, 6) is -0.0156. The Balaban J connectivity index is 1.67. The molecule has 1 aliphatic rings. The first-order valence-electron chi connectivity index (χ1n) is 10.3. The van der Waals surface area contributed by atoms with Crippen molar-refractivity contribution >= 4 is 38.4 Å². The molecule has 166 valence electrons. The number of ether oxygens (including phenoxy) is 1. The molecule has 0 bridgehead atoms. The van der Waals surface area contributed by atoms with Gasteiger partial charge in [0.05, 0.1) is 34.5 Å². The standard InChI is InChI=1S/C25H20N2O5S/c1-13-11-17(14(2)32-13)22(28)20-21(15-7-5-4-6-8-15)27(24(30)23(20)29)25-26-18-10-9-16(31-3)12-19(18)33-25/h4-12,21,29H,1-3H3. The molecule has 0 spiro atoms. The Hall–Kier alpha value is -3.91. The van der Waals surface area contributed by atoms with Crippen molar-refractivity contribution in [2.24, 2.45) is 0 Å². The number of carbonyl (C=O) groups is 2. The zero-order chi connectivity index (χ0) is 23.3. The molecule has 1 unspecified atom stereocenters. The lowest BCUT2D eigenvalue weighted by atomic mass is 9.93. The maximum atomic E-state index is 13.6. The van der Waals surface area contributed by atoms with Crippen molar-refractivity contribution in [2.45, 2.75) is 19.9 Å². The highest BCUT2D eigenvalue weighted by atomic mass is 32.1. The second kappa shape index (κ2) is 7.90. The monoisotopic (exact) mass is 460 g/mol. The van der Waals surface area contributed by atoms with Crippen LogP contribution in [0.5, 0.6) is 5.75 Å². The minimum Gasteiger partial charge on any atom is -0.503 e. The van der Waals surface area contributed by atoms with Gasteiger partial charge in [0.25, 0.3) is 5.91 Å². The summed E-state index contributed by atoms with van der Waals surface area (Å²) < 4.78 is 11.6. The molecule has 4 aromatic rings. The number of aliphatic hydroxyl groups excluding tert-OH is 1. The number of fused-ring (bicyclic) bond motifs is 1. The molecule has 1 aliphatic heterocycles. The van der Waals surface area contributed by atoms with E-state index in [9.17, 15) is 14.7 Å². The molecule has 2 aromatic heterocycles. The molecule has 8 heteroatoms. The molecule has 0 radical (unpaired) electrons. The maximum absolute atomic E-state index is 13.6. The van der Waals surface area contributed by atoms with Crippen molar-refractivity contribution in [1.29, 1.82) is 0 Å². The van der Waals surface area contributed by atoms with Gasteiger partial charge in [-0.05, 0) is 43.7 Å². The summed E-state index contributed by atoms with van der Waals surface area (Å²) >= 11 is 1.29. The third kappa shape index (κ3) is 3.39. The lowest BCUT2D eigenvalue weighted by molar-refractivity contribution is -0.117. The second-order valence-electron chi connectivity index (χ2n) is 7.74. The second-order valence-corrected chi connectivity index (χ2v) is 8.75. The number of benzene rings is 2. The molecule has 2 aromatic carbocycles. The summed E-state index contributed by atoms with van der Waals surface area (Å²) in [5.41, 5.74) is 1.70. The number of aliphatic hydroxyl groups is 1. The van der Waals surface area contributed by atoms with Gasteiger partial charge >= 0.3 is 0 Å². The number of aromatic nitrogens is 1. The van der Waals surface area contributed by atoms with Crippen LogP contribution in [0.25, 0.3) is 10.2 Å². The van der Waals surface area contributed by atoms with Crippen LogP contribution in [0.15, 0.2) is 70.3 Å². The average molecular weight is 461 g/mol. The van der Waals surface area contributed by atoms with E-state index in [0.29, 0.717) is 39.0 Å². The van der Waals surface area contributed by atoms with Crippen LogP contribution in [0, 0.1) is 13.8 Å². The summed E-state index contributed by atoms with van der Waals surface area (Å²) in [6, 6.07) is 15.4. The van der Waals surface area contributed by atoms with Gasteiger partial charge in [0, 0.05) is 0 Å². The summed E-state index contributed by atoms with van der Waals surface area (Å²) in [6.45, 7) is 3.43. The van der Waals surface area contributed by atoms with Crippen molar-refractivity contribution in [2.75, 3.05) is 12.0 Å². The minimum atomic E-state index is -0.830. The topological polar surface area (TPSA) is 92.9 Å². The molecule has 5 rings (SSSR count). The quantitative estimate of drug-likeness (QED) is 0.407. The number of furan rings is 1. The maximum Gasteiger partial charge on any atom is 0.296 e. The van der Waals surface area contributed by atoms with Crippen LogP contribution in [-0.2, 0) is 4.79 Å². The van der Waals surface area contributed by atoms with Gasteiger partial charge < -0.3 is 14.3 Å². The number of hydrogen-bond donors (Lipinski definition) is 1. The van der Waals surface area contributed by atoms with Crippen LogP contribution in [-0.4, -0.2) is 28.9 Å². The highest BCUT2D eigenvalue weighted by molar-refractivity contribution is 7.22. The third-order valence-corrected chi connectivity index (χ3v) is 6.66. The van der Waals surface area contributed by atoms with Crippen molar-refractivity contribution in [1.82, 2.24) is 4.98 Å². The number of carbonyl (C=O) groups excluding carboxylic acids is 2. The number of rotatable bonds is 5. The van der Waals surface area contributed by atoms with Crippen molar-refractivity contribution in [3.05, 3.63) is 88.6 Å². The number of aryl methyl sites for hydroxylation is 2. The predicted molar refractivity (Wildman–Crippen MR) is 125 cm³/mol. The first-order chi connectivity index (χ1) is 15.9. The zero-order valence-corrected chi connectivity index (χ0v) is 19.0. The molecular weight excluding hydrogens is 440 g/mol. The smallest absolute Gasteiger partial charge is 0.296 e. The third-order valence-electron chi connectivity index (χ3n) is 5.64. The molecule has 0 saturated heterocycles. The van der Waals surface area contributed by atoms with Crippen molar-refractivity contribution in [3.63, 3.8) is 0 Å². The van der Waals surface area contributed by atoms with E-state index in [4.69, 9.17) is 9.15 Å². The van der Waals surface area contributed by atoms with Crippen LogP contribution in [0.1, 0.15) is 33.5 Å². The van der Waals surface area contributed by atoms with Gasteiger partial charge in [0.15, 0.2) is 16.7 Å². The molecule has 1 atom stereocenters. The lowest BCUT2D eigenvalue weighted by Crippen LogP contribution is -2.30. The number of methoxy groups -OCH3 is 1. The molecule has 33 heavy (non-hydrogen) atoms. The molecule has 0 saturated carbocycles. The van der Waals surface area contributed by atoms with Crippen molar-refractivity contribution in [3.8, 4) is 5.75 Å². The van der Waals surface area contributed by atoms with Crippen LogP contribution >= 0.6 is 11.3 Å². The first-order valence-corrected chi connectivity index (χ1v) is 11.1. The number of anilines is 1. The Labute approximate surface area is 193 Å². The van der Waals surface area contributed by atoms with E-state index in [1.807, 2.05) is 42.5 Å². The number of amides is 1. The molecule has 3 heterocycles. The van der Waals surface area contributed by atoms with E-state index in [2.05, 4.69) is 4.98 Å². The molecule has 1 N–H and O–H groups in total. The van der Waals surface area contributed by atoms with Gasteiger partial charge in [-0.3, -0.25) is 14.5 Å². The Morgan fingerprint density at radius 3 is 2.58 bits per heavy atom. The number of nitrogens with zero attached hydrogens (tertiary/aromatic N) is 2. The van der Waals surface area contributed by atoms with E-state index in [0.717, 1.165) is 4.70 Å². The van der Waals surface area contributed by atoms with E-state index in [1.165, 1.54) is 16.2 Å². The normalized spacial score (nSPS) is 16.2. The summed E-state index contributed by atoms with van der Waals surface area (Å²) in [7, 11) is 1.58. The Kier molecular flexibility index (Phi) is 5.02. The summed E-state index contributed by atoms with van der Waals surface area (Å²) in [5, 5.41) is 11.3. The number of thiazole rings is 1. The minimum absolute atomic E-state index is 0.00642. The van der Waals surface area contributed by atoms with Crippen LogP contribution in [0.3, 0.4) is 0 Å². The van der Waals surface area contributed by atoms with Gasteiger partial charge in [-0.15, -0.1) is 0 Å². The Bertz CT molecular complexity index is 1430. The predicted octanol–water partition coefficient (Wildman–Crippen LogP) is 5.30. The fraction of sp³-hybridized carbons (Fsp3) is 0.160. The fourth-order valence-electron chi connectivity index (χ4n) is 4.11. The zero-order valence-electron chi connectivity index (χ0n) is 18.2. The SMILES string of the molecule is COc1ccc2nc(N3C(=O)C(O)=C(C(=O)c4cc(C)oc4C)C3c3ccccc3)sc2c1. The van der Waals surface area contributed by atoms with Crippen LogP contribution < -0.4 is 9.64 Å². The largest absolute Gasteiger partial charge is 0.503 e. The van der Waals surface area contributed by atoms with Crippen LogP contribution in [0.4, 0.5) is 5.13 Å². The molecule has 1 amide bonds. The van der Waals surface area contributed by atoms with Gasteiger partial charge in [-0.1, -0.05) is 41.7 Å². The summed E-state index contributed by atoms with van der Waals surface area (Å²) in [6.07, 6.45) is 0. The molecule has 0 aliphatic carbocycles. The fourth-order valence-corrected chi connectivity index (χ4v) is 5.13. The molecule has 7 nitrogen and oxygen atoms in total. The number of Topliss-reactive ketones (excluding diaryl/α,β-unsaturated/α-hetero) is 1. The Morgan fingerprint density at radius 1 is 1.15 bits per heavy atom. The van der Waals surface area contributed by atoms with E-state index in [-0.39, 0.29) is 5.57 Å². The molecular formula is C25H20N2O5S. The van der Waals surface area contributed by atoms with Gasteiger partial charge in [0.1, 0.15) is 17.3 Å². The number of hydrogen-bond acceptors (Lipinski definition) is 7. The lowest BCUT2D eigenvalue weighted by Gasteiger charge is -2.24. The Morgan fingerprint density at radius 2 is 1.91 bits per heavy atom. The first kappa shape index (κ1) is 21.0. The molecule has 0 fully saturated rings. The highest BCUT2D eigenvalue weighted by Gasteiger charge is 2.46. The van der Waals surface area contributed by atoms with Crippen molar-refractivity contribution < 1.29 is 23.8 Å².